The first-order valence-electron chi connectivity index (χ1n) is 17.8. The highest BCUT2D eigenvalue weighted by atomic mass is 19.4. The Morgan fingerprint density at radius 2 is 1.48 bits per heavy atom. The lowest BCUT2D eigenvalue weighted by Gasteiger charge is -2.32. The number of amides is 1. The summed E-state index contributed by atoms with van der Waals surface area (Å²) in [5.41, 5.74) is 1.01. The monoisotopic (exact) mass is 716 g/mol. The van der Waals surface area contributed by atoms with E-state index in [0.29, 0.717) is 56.3 Å². The summed E-state index contributed by atoms with van der Waals surface area (Å²) in [7, 11) is 0. The van der Waals surface area contributed by atoms with Gasteiger partial charge < -0.3 is 19.9 Å². The second-order valence-corrected chi connectivity index (χ2v) is 12.3. The molecule has 0 radical (unpaired) electrons. The Morgan fingerprint density at radius 1 is 0.865 bits per heavy atom. The van der Waals surface area contributed by atoms with E-state index < -0.39 is 23.4 Å². The van der Waals surface area contributed by atoms with Gasteiger partial charge in [-0.1, -0.05) is 99.8 Å². The van der Waals surface area contributed by atoms with E-state index in [2.05, 4.69) is 47.1 Å². The van der Waals surface area contributed by atoms with Gasteiger partial charge in [-0.25, -0.2) is 4.98 Å². The van der Waals surface area contributed by atoms with Crippen LogP contribution in [-0.4, -0.2) is 53.9 Å². The number of benzene rings is 2. The second kappa shape index (κ2) is 20.7. The molecule has 2 saturated heterocycles. The van der Waals surface area contributed by atoms with Gasteiger partial charge in [-0.05, 0) is 69.2 Å². The number of allylic oxidation sites excluding steroid dienone is 3. The van der Waals surface area contributed by atoms with Gasteiger partial charge in [0.25, 0.3) is 5.91 Å². The molecule has 0 bridgehead atoms. The molecule has 7 nitrogen and oxygen atoms in total. The number of pyridine rings is 1. The summed E-state index contributed by atoms with van der Waals surface area (Å²) in [6.07, 6.45) is 3.81. The fourth-order valence-electron chi connectivity index (χ4n) is 6.05. The molecule has 1 amide bonds. The molecule has 3 aromatic rings. The van der Waals surface area contributed by atoms with Crippen LogP contribution in [0, 0.1) is 5.92 Å². The number of nitrogens with zero attached hydrogens (tertiary/aromatic N) is 3. The summed E-state index contributed by atoms with van der Waals surface area (Å²) in [6.45, 7) is 17.8. The van der Waals surface area contributed by atoms with Crippen molar-refractivity contribution in [2.45, 2.75) is 65.0 Å². The standard InChI is InChI=1S/C36H39F3N4O3.C4H6.C2H6/c1-25(36(37,38)39)34(46-26(2)42-20-9-14-28(17-21-42)27-10-5-3-6-11-27)35(45)41-31-15-16-32(40-24-31)43-22-18-30(19-23-43)33(44)29-12-7-4-8-13-29;1-3-4-2;1-2/h3-8,10-13,15-16,24,28,30H,2,9,14,17-23H2,1H3,(H,41,45);3-4H,1-2H2;1-2H3/b34-25+;;. The van der Waals surface area contributed by atoms with Gasteiger partial charge in [0.05, 0.1) is 17.5 Å². The molecule has 1 unspecified atom stereocenters. The Labute approximate surface area is 306 Å². The number of hydrogen-bond donors (Lipinski definition) is 1. The number of carbonyl (C=O) groups excluding carboxylic acids is 2. The Bertz CT molecular complexity index is 1630. The lowest BCUT2D eigenvalue weighted by Crippen LogP contribution is -2.36. The average Bonchev–Trinajstić information content (AvgIpc) is 3.45. The molecular formula is C42H51F3N4O3. The number of likely N-dealkylation sites (tertiary alicyclic amines) is 1. The zero-order chi connectivity index (χ0) is 38.1. The first kappa shape index (κ1) is 41.3. The van der Waals surface area contributed by atoms with Gasteiger partial charge >= 0.3 is 6.18 Å². The summed E-state index contributed by atoms with van der Waals surface area (Å²) < 4.78 is 47.1. The fraction of sp³-hybridized carbons (Fsp3) is 0.357. The molecule has 278 valence electrons. The summed E-state index contributed by atoms with van der Waals surface area (Å²) in [4.78, 5) is 34.3. The number of halogens is 3. The van der Waals surface area contributed by atoms with E-state index in [0.717, 1.165) is 26.2 Å². The second-order valence-electron chi connectivity index (χ2n) is 12.3. The summed E-state index contributed by atoms with van der Waals surface area (Å²) in [6, 6.07) is 22.7. The lowest BCUT2D eigenvalue weighted by atomic mass is 9.89. The van der Waals surface area contributed by atoms with Crippen LogP contribution in [0.25, 0.3) is 0 Å². The third-order valence-electron chi connectivity index (χ3n) is 8.96. The van der Waals surface area contributed by atoms with E-state index in [-0.39, 0.29) is 23.3 Å². The number of alkyl halides is 3. The van der Waals surface area contributed by atoms with Crippen molar-refractivity contribution in [3.8, 4) is 0 Å². The van der Waals surface area contributed by atoms with Crippen molar-refractivity contribution in [1.29, 1.82) is 0 Å². The van der Waals surface area contributed by atoms with E-state index in [1.165, 1.54) is 11.8 Å². The number of nitrogens with one attached hydrogen (secondary N) is 1. The van der Waals surface area contributed by atoms with Crippen LogP contribution >= 0.6 is 0 Å². The molecule has 0 saturated carbocycles. The van der Waals surface area contributed by atoms with Crippen LogP contribution in [0.1, 0.15) is 74.7 Å². The van der Waals surface area contributed by atoms with Crippen molar-refractivity contribution < 1.29 is 27.5 Å². The van der Waals surface area contributed by atoms with Crippen molar-refractivity contribution in [2.24, 2.45) is 5.92 Å². The topological polar surface area (TPSA) is 74.8 Å². The number of piperidine rings is 1. The highest BCUT2D eigenvalue weighted by Gasteiger charge is 2.37. The van der Waals surface area contributed by atoms with Gasteiger partial charge in [-0.3, -0.25) is 9.59 Å². The molecule has 5 rings (SSSR count). The molecule has 2 aromatic carbocycles. The maximum atomic E-state index is 13.8. The van der Waals surface area contributed by atoms with Crippen LogP contribution in [0.5, 0.6) is 0 Å². The predicted octanol–water partition coefficient (Wildman–Crippen LogP) is 10.1. The van der Waals surface area contributed by atoms with Gasteiger partial charge in [0.15, 0.2) is 11.7 Å². The molecule has 10 heteroatoms. The molecule has 3 heterocycles. The van der Waals surface area contributed by atoms with Crippen LogP contribution in [-0.2, 0) is 9.53 Å². The molecule has 1 aromatic heterocycles. The molecule has 2 aliphatic heterocycles. The summed E-state index contributed by atoms with van der Waals surface area (Å²) in [5, 5.41) is 2.51. The number of carbonyl (C=O) groups is 2. The molecule has 1 N–H and O–H groups in total. The van der Waals surface area contributed by atoms with Crippen molar-refractivity contribution in [1.82, 2.24) is 9.88 Å². The minimum Gasteiger partial charge on any atom is -0.436 e. The maximum absolute atomic E-state index is 13.8. The number of ketones is 1. The highest BCUT2D eigenvalue weighted by molar-refractivity contribution is 6.03. The largest absolute Gasteiger partial charge is 0.436 e. The Morgan fingerprint density at radius 3 is 2.04 bits per heavy atom. The SMILES string of the molecule is C=C(O/C(C(=O)Nc1ccc(N2CCC(C(=O)c3ccccc3)CC2)nc1)=C(\C)C(F)(F)F)N1CCCC(c2ccccc2)CC1.C=CC=C.CC. The Kier molecular flexibility index (Phi) is 16.4. The normalized spacial score (nSPS) is 16.7. The van der Waals surface area contributed by atoms with E-state index in [4.69, 9.17) is 4.74 Å². The predicted molar refractivity (Wildman–Crippen MR) is 204 cm³/mol. The number of Topliss-reactive ketones (excluding diaryl/α,β-unsaturated/α-hetero) is 1. The number of ether oxygens (including phenoxy) is 1. The van der Waals surface area contributed by atoms with Gasteiger partial charge in [0, 0.05) is 37.7 Å². The Balaban J connectivity index is 0.00000114. The molecular weight excluding hydrogens is 665 g/mol. The molecule has 0 aliphatic carbocycles. The van der Waals surface area contributed by atoms with Crippen LogP contribution in [0.4, 0.5) is 24.7 Å². The van der Waals surface area contributed by atoms with Crippen molar-refractivity contribution in [3.63, 3.8) is 0 Å². The van der Waals surface area contributed by atoms with Crippen LogP contribution < -0.4 is 10.2 Å². The van der Waals surface area contributed by atoms with Crippen molar-refractivity contribution in [3.05, 3.63) is 139 Å². The lowest BCUT2D eigenvalue weighted by molar-refractivity contribution is -0.119. The fourth-order valence-corrected chi connectivity index (χ4v) is 6.05. The average molecular weight is 717 g/mol. The zero-order valence-electron chi connectivity index (χ0n) is 30.5. The molecule has 2 fully saturated rings. The number of aromatic nitrogens is 1. The van der Waals surface area contributed by atoms with Crippen LogP contribution in [0.15, 0.2) is 128 Å². The quantitative estimate of drug-likeness (QED) is 0.0975. The van der Waals surface area contributed by atoms with Gasteiger partial charge in [-0.2, -0.15) is 13.2 Å². The van der Waals surface area contributed by atoms with Gasteiger partial charge in [-0.15, -0.1) is 0 Å². The van der Waals surface area contributed by atoms with Crippen LogP contribution in [0.3, 0.4) is 0 Å². The Hall–Kier alpha value is -5.12. The first-order chi connectivity index (χ1) is 25.0. The number of hydrogen-bond acceptors (Lipinski definition) is 6. The van der Waals surface area contributed by atoms with Gasteiger partial charge in [0.2, 0.25) is 5.76 Å². The number of rotatable bonds is 10. The first-order valence-corrected chi connectivity index (χ1v) is 17.8. The summed E-state index contributed by atoms with van der Waals surface area (Å²) in [5.74, 6) is -0.822. The van der Waals surface area contributed by atoms with E-state index >= 15 is 0 Å². The van der Waals surface area contributed by atoms with Crippen molar-refractivity contribution in [2.75, 3.05) is 36.4 Å². The van der Waals surface area contributed by atoms with Crippen molar-refractivity contribution >= 4 is 23.2 Å². The maximum Gasteiger partial charge on any atom is 0.416 e. The zero-order valence-corrected chi connectivity index (χ0v) is 30.5. The van der Waals surface area contributed by atoms with Crippen LogP contribution in [0.2, 0.25) is 0 Å². The smallest absolute Gasteiger partial charge is 0.416 e. The highest BCUT2D eigenvalue weighted by Crippen LogP contribution is 2.33. The molecule has 52 heavy (non-hydrogen) atoms. The van der Waals surface area contributed by atoms with E-state index in [9.17, 15) is 22.8 Å². The third-order valence-corrected chi connectivity index (χ3v) is 8.96. The minimum absolute atomic E-state index is 0.00471. The van der Waals surface area contributed by atoms with E-state index in [1.54, 1.807) is 29.2 Å². The third kappa shape index (κ3) is 12.0. The van der Waals surface area contributed by atoms with E-state index in [1.807, 2.05) is 62.4 Å². The summed E-state index contributed by atoms with van der Waals surface area (Å²) >= 11 is 0. The minimum atomic E-state index is -4.78. The van der Waals surface area contributed by atoms with Gasteiger partial charge in [0.1, 0.15) is 5.82 Å². The molecule has 2 aliphatic rings. The number of anilines is 2. The molecule has 1 atom stereocenters. The molecule has 0 spiro atoms.